The molecule has 5 heteroatoms. The molecule has 0 unspecified atom stereocenters. The fourth-order valence-electron chi connectivity index (χ4n) is 1.20. The summed E-state index contributed by atoms with van der Waals surface area (Å²) in [6, 6.07) is 0. The fraction of sp³-hybridized carbons (Fsp3) is 0.600. The molecule has 0 aliphatic carbocycles. The average Bonchev–Trinajstić information content (AvgIpc) is 2.66. The molecule has 0 fully saturated rings. The van der Waals surface area contributed by atoms with Crippen molar-refractivity contribution in [3.05, 3.63) is 11.1 Å². The number of hydrogen-bond donors (Lipinski definition) is 2. The molecule has 0 saturated heterocycles. The lowest BCUT2D eigenvalue weighted by atomic mass is 10.2. The zero-order valence-electron chi connectivity index (χ0n) is 8.82. The van der Waals surface area contributed by atoms with E-state index in [4.69, 9.17) is 5.11 Å². The summed E-state index contributed by atoms with van der Waals surface area (Å²) in [5.41, 5.74) is 0.121. The molecule has 0 saturated carbocycles. The summed E-state index contributed by atoms with van der Waals surface area (Å²) in [5, 5.41) is 14.0. The van der Waals surface area contributed by atoms with E-state index in [0.717, 1.165) is 13.0 Å². The molecule has 0 bridgehead atoms. The SMILES string of the molecule is CCCCCCNc1nc(C(=O)O)cs1. The van der Waals surface area contributed by atoms with Gasteiger partial charge in [-0.2, -0.15) is 0 Å². The molecule has 15 heavy (non-hydrogen) atoms. The maximum absolute atomic E-state index is 10.5. The van der Waals surface area contributed by atoms with E-state index in [9.17, 15) is 4.79 Å². The van der Waals surface area contributed by atoms with Crippen LogP contribution in [-0.2, 0) is 0 Å². The second-order valence-corrected chi connectivity index (χ2v) is 4.19. The summed E-state index contributed by atoms with van der Waals surface area (Å²) in [6.45, 7) is 3.04. The van der Waals surface area contributed by atoms with Gasteiger partial charge in [0, 0.05) is 11.9 Å². The summed E-state index contributed by atoms with van der Waals surface area (Å²) in [4.78, 5) is 14.5. The molecule has 0 radical (unpaired) electrons. The van der Waals surface area contributed by atoms with Gasteiger partial charge in [-0.25, -0.2) is 9.78 Å². The zero-order valence-corrected chi connectivity index (χ0v) is 9.64. The largest absolute Gasteiger partial charge is 0.476 e. The van der Waals surface area contributed by atoms with Crippen LogP contribution in [-0.4, -0.2) is 22.6 Å². The number of nitrogens with one attached hydrogen (secondary N) is 1. The molecule has 0 spiro atoms. The van der Waals surface area contributed by atoms with Gasteiger partial charge in [-0.3, -0.25) is 0 Å². The maximum Gasteiger partial charge on any atom is 0.355 e. The minimum atomic E-state index is -0.967. The molecular weight excluding hydrogens is 212 g/mol. The first-order chi connectivity index (χ1) is 7.24. The van der Waals surface area contributed by atoms with Gasteiger partial charge < -0.3 is 10.4 Å². The number of thiazole rings is 1. The molecule has 1 rings (SSSR count). The predicted molar refractivity (Wildman–Crippen MR) is 61.7 cm³/mol. The van der Waals surface area contributed by atoms with E-state index in [1.807, 2.05) is 0 Å². The number of carboxylic acids is 1. The second kappa shape index (κ2) is 6.40. The minimum Gasteiger partial charge on any atom is -0.476 e. The van der Waals surface area contributed by atoms with E-state index >= 15 is 0 Å². The van der Waals surface area contributed by atoms with Crippen LogP contribution in [0.4, 0.5) is 5.13 Å². The highest BCUT2D eigenvalue weighted by Gasteiger charge is 2.07. The van der Waals surface area contributed by atoms with Crippen LogP contribution in [0.5, 0.6) is 0 Å². The van der Waals surface area contributed by atoms with Crippen LogP contribution in [0, 0.1) is 0 Å². The summed E-state index contributed by atoms with van der Waals surface area (Å²) in [5.74, 6) is -0.967. The maximum atomic E-state index is 10.5. The Bertz CT molecular complexity index is 312. The molecule has 2 N–H and O–H groups in total. The van der Waals surface area contributed by atoms with E-state index in [1.54, 1.807) is 5.38 Å². The zero-order chi connectivity index (χ0) is 11.1. The Morgan fingerprint density at radius 2 is 2.33 bits per heavy atom. The van der Waals surface area contributed by atoms with E-state index < -0.39 is 5.97 Å². The quantitative estimate of drug-likeness (QED) is 0.704. The Labute approximate surface area is 93.4 Å². The monoisotopic (exact) mass is 228 g/mol. The third kappa shape index (κ3) is 4.29. The number of carbonyl (C=O) groups is 1. The second-order valence-electron chi connectivity index (χ2n) is 3.33. The third-order valence-corrected chi connectivity index (χ3v) is 2.83. The summed E-state index contributed by atoms with van der Waals surface area (Å²) >= 11 is 1.34. The van der Waals surface area contributed by atoms with Crippen LogP contribution >= 0.6 is 11.3 Å². The van der Waals surface area contributed by atoms with Crippen molar-refractivity contribution >= 4 is 22.4 Å². The number of unbranched alkanes of at least 4 members (excludes halogenated alkanes) is 3. The molecule has 1 aromatic heterocycles. The summed E-state index contributed by atoms with van der Waals surface area (Å²) in [6.07, 6.45) is 4.79. The molecule has 0 aromatic carbocycles. The van der Waals surface area contributed by atoms with Crippen molar-refractivity contribution in [3.63, 3.8) is 0 Å². The van der Waals surface area contributed by atoms with E-state index in [1.165, 1.54) is 30.6 Å². The van der Waals surface area contributed by atoms with Crippen molar-refractivity contribution in [2.24, 2.45) is 0 Å². The number of hydrogen-bond acceptors (Lipinski definition) is 4. The van der Waals surface area contributed by atoms with Crippen LogP contribution in [0.2, 0.25) is 0 Å². The Hall–Kier alpha value is -1.10. The first-order valence-electron chi connectivity index (χ1n) is 5.16. The highest BCUT2D eigenvalue weighted by molar-refractivity contribution is 7.13. The van der Waals surface area contributed by atoms with Gasteiger partial charge >= 0.3 is 5.97 Å². The number of aromatic nitrogens is 1. The van der Waals surface area contributed by atoms with Crippen LogP contribution in [0.15, 0.2) is 5.38 Å². The van der Waals surface area contributed by atoms with Crippen LogP contribution in [0.1, 0.15) is 43.1 Å². The van der Waals surface area contributed by atoms with Crippen molar-refractivity contribution < 1.29 is 9.90 Å². The van der Waals surface area contributed by atoms with Crippen molar-refractivity contribution in [2.45, 2.75) is 32.6 Å². The molecule has 0 amide bonds. The van der Waals surface area contributed by atoms with Gasteiger partial charge in [0.2, 0.25) is 0 Å². The van der Waals surface area contributed by atoms with Crippen molar-refractivity contribution in [3.8, 4) is 0 Å². The first kappa shape index (κ1) is 12.0. The smallest absolute Gasteiger partial charge is 0.355 e. The minimum absolute atomic E-state index is 0.121. The molecular formula is C10H16N2O2S. The fourth-order valence-corrected chi connectivity index (χ4v) is 1.91. The lowest BCUT2D eigenvalue weighted by Crippen LogP contribution is -2.02. The van der Waals surface area contributed by atoms with Crippen LogP contribution in [0.25, 0.3) is 0 Å². The highest BCUT2D eigenvalue weighted by Crippen LogP contribution is 2.15. The number of aromatic carboxylic acids is 1. The standard InChI is InChI=1S/C10H16N2O2S/c1-2-3-4-5-6-11-10-12-8(7-15-10)9(13)14/h7H,2-6H2,1H3,(H,11,12)(H,13,14). The Morgan fingerprint density at radius 3 is 2.93 bits per heavy atom. The molecule has 1 heterocycles. The van der Waals surface area contributed by atoms with Gasteiger partial charge in [0.05, 0.1) is 0 Å². The average molecular weight is 228 g/mol. The number of carboxylic acid groups (broad SMARTS) is 1. The molecule has 0 atom stereocenters. The normalized spacial score (nSPS) is 10.2. The van der Waals surface area contributed by atoms with Crippen LogP contribution in [0.3, 0.4) is 0 Å². The molecule has 84 valence electrons. The topological polar surface area (TPSA) is 62.2 Å². The summed E-state index contributed by atoms with van der Waals surface area (Å²) < 4.78 is 0. The summed E-state index contributed by atoms with van der Waals surface area (Å²) in [7, 11) is 0. The number of nitrogens with zero attached hydrogens (tertiary/aromatic N) is 1. The van der Waals surface area contributed by atoms with Gasteiger partial charge in [0.15, 0.2) is 10.8 Å². The van der Waals surface area contributed by atoms with E-state index in [0.29, 0.717) is 5.13 Å². The molecule has 4 nitrogen and oxygen atoms in total. The predicted octanol–water partition coefficient (Wildman–Crippen LogP) is 2.83. The molecule has 1 aromatic rings. The van der Waals surface area contributed by atoms with E-state index in [2.05, 4.69) is 17.2 Å². The Kier molecular flexibility index (Phi) is 5.10. The van der Waals surface area contributed by atoms with Gasteiger partial charge in [-0.1, -0.05) is 26.2 Å². The molecule has 0 aliphatic heterocycles. The number of anilines is 1. The van der Waals surface area contributed by atoms with Gasteiger partial charge in [-0.15, -0.1) is 11.3 Å². The van der Waals surface area contributed by atoms with Gasteiger partial charge in [0.1, 0.15) is 0 Å². The van der Waals surface area contributed by atoms with Crippen LogP contribution < -0.4 is 5.32 Å². The van der Waals surface area contributed by atoms with Gasteiger partial charge in [0.25, 0.3) is 0 Å². The number of rotatable bonds is 7. The lowest BCUT2D eigenvalue weighted by Gasteiger charge is -2.00. The van der Waals surface area contributed by atoms with Gasteiger partial charge in [-0.05, 0) is 6.42 Å². The van der Waals surface area contributed by atoms with Crippen molar-refractivity contribution in [2.75, 3.05) is 11.9 Å². The Balaban J connectivity index is 2.23. The lowest BCUT2D eigenvalue weighted by molar-refractivity contribution is 0.0691. The third-order valence-electron chi connectivity index (χ3n) is 2.03. The first-order valence-corrected chi connectivity index (χ1v) is 6.04. The van der Waals surface area contributed by atoms with E-state index in [-0.39, 0.29) is 5.69 Å². The molecule has 0 aliphatic rings. The highest BCUT2D eigenvalue weighted by atomic mass is 32.1. The van der Waals surface area contributed by atoms with Crippen molar-refractivity contribution in [1.29, 1.82) is 0 Å². The van der Waals surface area contributed by atoms with Crippen molar-refractivity contribution in [1.82, 2.24) is 4.98 Å². The Morgan fingerprint density at radius 1 is 1.53 bits per heavy atom.